The van der Waals surface area contributed by atoms with E-state index in [9.17, 15) is 19.4 Å². The summed E-state index contributed by atoms with van der Waals surface area (Å²) in [6.45, 7) is 1.75. The maximum absolute atomic E-state index is 13.9. The molecule has 0 atom stereocenters. The van der Waals surface area contributed by atoms with E-state index in [-0.39, 0.29) is 27.8 Å². The molecule has 0 radical (unpaired) electrons. The van der Waals surface area contributed by atoms with Crippen LogP contribution in [0.25, 0.3) is 6.08 Å². The number of para-hydroxylation sites is 2. The van der Waals surface area contributed by atoms with Crippen molar-refractivity contribution < 1.29 is 24.1 Å². The first-order valence-corrected chi connectivity index (χ1v) is 8.77. The molecule has 1 heterocycles. The van der Waals surface area contributed by atoms with Crippen molar-refractivity contribution in [3.05, 3.63) is 75.6 Å². The lowest BCUT2D eigenvalue weighted by Gasteiger charge is -2.04. The monoisotopic (exact) mass is 385 g/mol. The Labute approximate surface area is 159 Å². The number of ether oxygens (including phenoxy) is 1. The van der Waals surface area contributed by atoms with E-state index in [0.29, 0.717) is 16.0 Å². The number of aryl methyl sites for hydroxylation is 1. The van der Waals surface area contributed by atoms with Gasteiger partial charge in [-0.05, 0) is 30.7 Å². The van der Waals surface area contributed by atoms with Crippen molar-refractivity contribution in [3.63, 3.8) is 0 Å². The first-order valence-electron chi connectivity index (χ1n) is 7.96. The third-order valence-electron chi connectivity index (χ3n) is 3.91. The molecule has 0 saturated carbocycles. The van der Waals surface area contributed by atoms with Gasteiger partial charge in [0.05, 0.1) is 12.0 Å². The molecular weight excluding hydrogens is 369 g/mol. The lowest BCUT2D eigenvalue weighted by atomic mass is 10.1. The SMILES string of the molecule is COC(=O)C1=C(O)/C(=C\c2cccc(C)c2O)SC1=Nc1ccccc1F. The van der Waals surface area contributed by atoms with Crippen LogP contribution in [-0.2, 0) is 9.53 Å². The smallest absolute Gasteiger partial charge is 0.344 e. The zero-order chi connectivity index (χ0) is 19.6. The number of carbonyl (C=O) groups is 1. The predicted octanol–water partition coefficient (Wildman–Crippen LogP) is 4.64. The number of aliphatic imine (C=N–C) groups is 1. The quantitative estimate of drug-likeness (QED) is 0.753. The molecule has 0 fully saturated rings. The van der Waals surface area contributed by atoms with Crippen molar-refractivity contribution in [3.8, 4) is 5.75 Å². The summed E-state index contributed by atoms with van der Waals surface area (Å²) in [7, 11) is 1.18. The summed E-state index contributed by atoms with van der Waals surface area (Å²) < 4.78 is 18.7. The van der Waals surface area contributed by atoms with E-state index in [2.05, 4.69) is 4.99 Å². The number of hydrogen-bond donors (Lipinski definition) is 2. The van der Waals surface area contributed by atoms with Gasteiger partial charge in [-0.2, -0.15) is 0 Å². The number of aliphatic hydroxyl groups excluding tert-OH is 1. The zero-order valence-electron chi connectivity index (χ0n) is 14.6. The molecule has 2 N–H and O–H groups in total. The van der Waals surface area contributed by atoms with Crippen LogP contribution in [0, 0.1) is 12.7 Å². The summed E-state index contributed by atoms with van der Waals surface area (Å²) in [4.78, 5) is 16.6. The Hall–Kier alpha value is -3.06. The molecule has 0 unspecified atom stereocenters. The van der Waals surface area contributed by atoms with Crippen molar-refractivity contribution >= 4 is 34.5 Å². The van der Waals surface area contributed by atoms with E-state index in [1.165, 1.54) is 31.4 Å². The third-order valence-corrected chi connectivity index (χ3v) is 4.93. The molecule has 7 heteroatoms. The number of esters is 1. The van der Waals surface area contributed by atoms with Gasteiger partial charge in [0, 0.05) is 5.56 Å². The minimum Gasteiger partial charge on any atom is -0.507 e. The van der Waals surface area contributed by atoms with Crippen molar-refractivity contribution in [1.82, 2.24) is 0 Å². The minimum absolute atomic E-state index is 0.0360. The van der Waals surface area contributed by atoms with Crippen molar-refractivity contribution in [1.29, 1.82) is 0 Å². The van der Waals surface area contributed by atoms with Crippen LogP contribution in [0.1, 0.15) is 11.1 Å². The zero-order valence-corrected chi connectivity index (χ0v) is 15.4. The largest absolute Gasteiger partial charge is 0.507 e. The molecule has 0 spiro atoms. The lowest BCUT2D eigenvalue weighted by Crippen LogP contribution is -2.10. The topological polar surface area (TPSA) is 79.1 Å². The van der Waals surface area contributed by atoms with Crippen molar-refractivity contribution in [2.75, 3.05) is 7.11 Å². The third kappa shape index (κ3) is 3.73. The van der Waals surface area contributed by atoms with E-state index < -0.39 is 11.8 Å². The molecule has 0 amide bonds. The van der Waals surface area contributed by atoms with Gasteiger partial charge in [0.2, 0.25) is 0 Å². The molecule has 0 aliphatic carbocycles. The first-order chi connectivity index (χ1) is 12.9. The number of rotatable bonds is 3. The first kappa shape index (κ1) is 18.7. The standard InChI is InChI=1S/C20H16FNO4S/c1-11-6-5-7-12(17(11)23)10-15-18(24)16(20(25)26-2)19(27-15)22-14-9-4-3-8-13(14)21/h3-10,23-24H,1-2H3/b15-10+,22-19?. The Kier molecular flexibility index (Phi) is 5.32. The van der Waals surface area contributed by atoms with Gasteiger partial charge in [0.15, 0.2) is 0 Å². The van der Waals surface area contributed by atoms with Gasteiger partial charge in [-0.25, -0.2) is 14.2 Å². The number of phenolic OH excluding ortho intramolecular Hbond substituents is 1. The van der Waals surface area contributed by atoms with Crippen LogP contribution in [0.2, 0.25) is 0 Å². The molecule has 3 rings (SSSR count). The molecule has 0 bridgehead atoms. The molecule has 2 aromatic rings. The molecule has 1 aliphatic heterocycles. The molecule has 0 aromatic heterocycles. The number of aliphatic hydroxyl groups is 1. The molecule has 27 heavy (non-hydrogen) atoms. The number of phenols is 1. The fraction of sp³-hybridized carbons (Fsp3) is 0.100. The molecule has 1 aliphatic rings. The second kappa shape index (κ2) is 7.67. The second-order valence-electron chi connectivity index (χ2n) is 5.71. The van der Waals surface area contributed by atoms with E-state index in [4.69, 9.17) is 4.74 Å². The number of nitrogens with zero attached hydrogens (tertiary/aromatic N) is 1. The highest BCUT2D eigenvalue weighted by atomic mass is 32.2. The average Bonchev–Trinajstić information content (AvgIpc) is 2.95. The summed E-state index contributed by atoms with van der Waals surface area (Å²) in [6.07, 6.45) is 1.54. The highest BCUT2D eigenvalue weighted by molar-refractivity contribution is 8.18. The summed E-state index contributed by atoms with van der Waals surface area (Å²) in [5.41, 5.74) is 1.03. The fourth-order valence-corrected chi connectivity index (χ4v) is 3.50. The number of halogens is 1. The summed E-state index contributed by atoms with van der Waals surface area (Å²) in [6, 6.07) is 11.0. The Morgan fingerprint density at radius 2 is 1.93 bits per heavy atom. The maximum Gasteiger partial charge on any atom is 0.344 e. The summed E-state index contributed by atoms with van der Waals surface area (Å²) in [5.74, 6) is -1.60. The predicted molar refractivity (Wildman–Crippen MR) is 104 cm³/mol. The molecule has 5 nitrogen and oxygen atoms in total. The van der Waals surface area contributed by atoms with Crippen LogP contribution in [0.5, 0.6) is 5.75 Å². The number of methoxy groups -OCH3 is 1. The average molecular weight is 385 g/mol. The molecule has 2 aromatic carbocycles. The van der Waals surface area contributed by atoms with Gasteiger partial charge in [0.25, 0.3) is 0 Å². The minimum atomic E-state index is -0.785. The van der Waals surface area contributed by atoms with Gasteiger partial charge in [0.1, 0.15) is 33.6 Å². The van der Waals surface area contributed by atoms with Crippen LogP contribution in [0.4, 0.5) is 10.1 Å². The Morgan fingerprint density at radius 3 is 2.63 bits per heavy atom. The molecule has 0 saturated heterocycles. The highest BCUT2D eigenvalue weighted by Gasteiger charge is 2.33. The van der Waals surface area contributed by atoms with Gasteiger partial charge < -0.3 is 14.9 Å². The van der Waals surface area contributed by atoms with E-state index in [1.54, 1.807) is 31.2 Å². The number of hydrogen-bond acceptors (Lipinski definition) is 6. The highest BCUT2D eigenvalue weighted by Crippen LogP contribution is 2.41. The van der Waals surface area contributed by atoms with Gasteiger partial charge in [-0.1, -0.05) is 42.1 Å². The van der Waals surface area contributed by atoms with Gasteiger partial charge in [-0.15, -0.1) is 0 Å². The van der Waals surface area contributed by atoms with Crippen LogP contribution >= 0.6 is 11.8 Å². The van der Waals surface area contributed by atoms with Crippen LogP contribution in [0.15, 0.2) is 63.7 Å². The number of benzene rings is 2. The number of thioether (sulfide) groups is 1. The fourth-order valence-electron chi connectivity index (χ4n) is 2.48. The second-order valence-corrected chi connectivity index (χ2v) is 6.74. The lowest BCUT2D eigenvalue weighted by molar-refractivity contribution is -0.135. The Balaban J connectivity index is 2.10. The van der Waals surface area contributed by atoms with Gasteiger partial charge in [-0.3, -0.25) is 0 Å². The van der Waals surface area contributed by atoms with Crippen molar-refractivity contribution in [2.24, 2.45) is 4.99 Å². The molecule has 138 valence electrons. The van der Waals surface area contributed by atoms with Crippen LogP contribution in [0.3, 0.4) is 0 Å². The van der Waals surface area contributed by atoms with E-state index >= 15 is 0 Å². The van der Waals surface area contributed by atoms with Crippen LogP contribution in [-0.4, -0.2) is 28.3 Å². The normalized spacial score (nSPS) is 17.0. The molecular formula is C20H16FNO4S. The number of aromatic hydroxyl groups is 1. The maximum atomic E-state index is 13.9. The van der Waals surface area contributed by atoms with Crippen molar-refractivity contribution in [2.45, 2.75) is 6.92 Å². The Bertz CT molecular complexity index is 1010. The van der Waals surface area contributed by atoms with E-state index in [1.807, 2.05) is 0 Å². The van der Waals surface area contributed by atoms with Crippen LogP contribution < -0.4 is 0 Å². The summed E-state index contributed by atoms with van der Waals surface area (Å²) in [5, 5.41) is 20.8. The summed E-state index contributed by atoms with van der Waals surface area (Å²) >= 11 is 0.992. The van der Waals surface area contributed by atoms with Gasteiger partial charge >= 0.3 is 5.97 Å². The Morgan fingerprint density at radius 1 is 1.19 bits per heavy atom. The number of carbonyl (C=O) groups excluding carboxylic acids is 1. The van der Waals surface area contributed by atoms with E-state index in [0.717, 1.165) is 11.8 Å².